The Kier molecular flexibility index (Phi) is 4.37. The molecule has 0 aromatic heterocycles. The summed E-state index contributed by atoms with van der Waals surface area (Å²) in [5.41, 5.74) is 4.28. The molecule has 23 heavy (non-hydrogen) atoms. The summed E-state index contributed by atoms with van der Waals surface area (Å²) >= 11 is 0. The zero-order valence-electron chi connectivity index (χ0n) is 13.5. The van der Waals surface area contributed by atoms with Crippen molar-refractivity contribution >= 4 is 15.6 Å². The van der Waals surface area contributed by atoms with Crippen molar-refractivity contribution in [1.82, 2.24) is 4.31 Å². The second-order valence-corrected chi connectivity index (χ2v) is 7.88. The highest BCUT2D eigenvalue weighted by molar-refractivity contribution is 7.89. The molecule has 0 atom stereocenters. The van der Waals surface area contributed by atoms with E-state index < -0.39 is 10.0 Å². The molecule has 1 aliphatic rings. The molecule has 1 heterocycles. The molecule has 0 unspecified atom stereocenters. The molecule has 3 nitrogen and oxygen atoms in total. The highest BCUT2D eigenvalue weighted by Crippen LogP contribution is 2.27. The van der Waals surface area contributed by atoms with Gasteiger partial charge in [-0.2, -0.15) is 4.31 Å². The summed E-state index contributed by atoms with van der Waals surface area (Å²) in [6.45, 7) is 4.78. The zero-order chi connectivity index (χ0) is 16.4. The molecular formula is C19H21NO2S. The van der Waals surface area contributed by atoms with Crippen LogP contribution in [-0.2, 0) is 10.0 Å². The summed E-state index contributed by atoms with van der Waals surface area (Å²) < 4.78 is 27.3. The van der Waals surface area contributed by atoms with Gasteiger partial charge in [0.1, 0.15) is 0 Å². The van der Waals surface area contributed by atoms with Gasteiger partial charge in [0.2, 0.25) is 10.0 Å². The molecule has 1 aliphatic heterocycles. The van der Waals surface area contributed by atoms with Crippen LogP contribution in [0.2, 0.25) is 0 Å². The van der Waals surface area contributed by atoms with Crippen LogP contribution in [0.1, 0.15) is 23.1 Å². The van der Waals surface area contributed by atoms with E-state index in [1.165, 1.54) is 11.1 Å². The van der Waals surface area contributed by atoms with E-state index in [0.29, 0.717) is 18.0 Å². The Morgan fingerprint density at radius 1 is 1.00 bits per heavy atom. The molecule has 3 rings (SSSR count). The lowest BCUT2D eigenvalue weighted by atomic mass is 10.0. The van der Waals surface area contributed by atoms with Crippen molar-refractivity contribution in [2.75, 3.05) is 13.1 Å². The van der Waals surface area contributed by atoms with Gasteiger partial charge in [0.25, 0.3) is 0 Å². The highest BCUT2D eigenvalue weighted by atomic mass is 32.2. The van der Waals surface area contributed by atoms with Gasteiger partial charge in [-0.15, -0.1) is 0 Å². The number of hydrogen-bond donors (Lipinski definition) is 0. The molecule has 0 fully saturated rings. The van der Waals surface area contributed by atoms with Crippen molar-refractivity contribution in [3.05, 3.63) is 71.3 Å². The first-order valence-electron chi connectivity index (χ1n) is 7.80. The van der Waals surface area contributed by atoms with Crippen LogP contribution >= 0.6 is 0 Å². The van der Waals surface area contributed by atoms with Crippen molar-refractivity contribution < 1.29 is 8.42 Å². The van der Waals surface area contributed by atoms with Crippen LogP contribution in [0, 0.1) is 13.8 Å². The average Bonchev–Trinajstić information content (AvgIpc) is 2.55. The van der Waals surface area contributed by atoms with Gasteiger partial charge in [-0.3, -0.25) is 0 Å². The predicted octanol–water partition coefficient (Wildman–Crippen LogP) is 3.78. The van der Waals surface area contributed by atoms with Crippen LogP contribution in [0.15, 0.2) is 59.5 Å². The first-order valence-corrected chi connectivity index (χ1v) is 9.24. The van der Waals surface area contributed by atoms with Crippen molar-refractivity contribution in [3.63, 3.8) is 0 Å². The molecule has 0 radical (unpaired) electrons. The minimum Gasteiger partial charge on any atom is -0.207 e. The van der Waals surface area contributed by atoms with Crippen LogP contribution < -0.4 is 0 Å². The van der Waals surface area contributed by atoms with E-state index in [1.807, 2.05) is 50.3 Å². The first kappa shape index (κ1) is 16.0. The Bertz CT molecular complexity index is 839. The summed E-state index contributed by atoms with van der Waals surface area (Å²) in [6, 6.07) is 15.6. The van der Waals surface area contributed by atoms with Gasteiger partial charge in [0, 0.05) is 13.1 Å². The second kappa shape index (κ2) is 6.30. The third kappa shape index (κ3) is 3.23. The molecule has 120 valence electrons. The number of benzene rings is 2. The molecule has 4 heteroatoms. The summed E-state index contributed by atoms with van der Waals surface area (Å²) in [7, 11) is -3.43. The van der Waals surface area contributed by atoms with E-state index >= 15 is 0 Å². The molecule has 0 spiro atoms. The number of aryl methyl sites for hydroxylation is 2. The second-order valence-electron chi connectivity index (χ2n) is 5.98. The van der Waals surface area contributed by atoms with Gasteiger partial charge in [0.05, 0.1) is 4.90 Å². The number of rotatable bonds is 3. The molecule has 0 aliphatic carbocycles. The lowest BCUT2D eigenvalue weighted by Crippen LogP contribution is -2.35. The van der Waals surface area contributed by atoms with Crippen LogP contribution in [0.4, 0.5) is 0 Å². The average molecular weight is 327 g/mol. The fourth-order valence-corrected chi connectivity index (χ4v) is 4.60. The molecule has 0 bridgehead atoms. The minimum absolute atomic E-state index is 0.416. The standard InChI is InChI=1S/C19H21NO2S/c1-15-8-9-19(16(2)14-15)23(21,22)20-12-10-18(11-13-20)17-6-4-3-5-7-17/h3-10,14H,11-13H2,1-2H3. The molecule has 0 N–H and O–H groups in total. The number of hydrogen-bond acceptors (Lipinski definition) is 2. The van der Waals surface area contributed by atoms with Crippen LogP contribution in [-0.4, -0.2) is 25.8 Å². The van der Waals surface area contributed by atoms with Crippen LogP contribution in [0.5, 0.6) is 0 Å². The summed E-state index contributed by atoms with van der Waals surface area (Å²) in [6.07, 6.45) is 2.77. The molecule has 2 aromatic carbocycles. The van der Waals surface area contributed by atoms with Crippen molar-refractivity contribution in [2.24, 2.45) is 0 Å². The molecule has 0 amide bonds. The fourth-order valence-electron chi connectivity index (χ4n) is 3.01. The van der Waals surface area contributed by atoms with E-state index in [2.05, 4.69) is 12.1 Å². The highest BCUT2D eigenvalue weighted by Gasteiger charge is 2.27. The maximum atomic E-state index is 12.9. The monoisotopic (exact) mass is 327 g/mol. The zero-order valence-corrected chi connectivity index (χ0v) is 14.3. The van der Waals surface area contributed by atoms with E-state index in [9.17, 15) is 8.42 Å². The van der Waals surface area contributed by atoms with Gasteiger partial charge in [-0.1, -0.05) is 54.1 Å². The third-order valence-electron chi connectivity index (χ3n) is 4.26. The molecule has 2 aromatic rings. The van der Waals surface area contributed by atoms with E-state index in [4.69, 9.17) is 0 Å². The Morgan fingerprint density at radius 3 is 2.35 bits per heavy atom. The number of nitrogens with zero attached hydrogens (tertiary/aromatic N) is 1. The Balaban J connectivity index is 1.85. The van der Waals surface area contributed by atoms with Crippen LogP contribution in [0.25, 0.3) is 5.57 Å². The third-order valence-corrected chi connectivity index (χ3v) is 6.29. The van der Waals surface area contributed by atoms with Crippen molar-refractivity contribution in [2.45, 2.75) is 25.2 Å². The summed E-state index contributed by atoms with van der Waals surface area (Å²) in [5, 5.41) is 0. The van der Waals surface area contributed by atoms with Gasteiger partial charge in [-0.05, 0) is 43.0 Å². The first-order chi connectivity index (χ1) is 11.0. The van der Waals surface area contributed by atoms with Gasteiger partial charge in [-0.25, -0.2) is 8.42 Å². The fraction of sp³-hybridized carbons (Fsp3) is 0.263. The topological polar surface area (TPSA) is 37.4 Å². The normalized spacial score (nSPS) is 16.2. The van der Waals surface area contributed by atoms with E-state index in [1.54, 1.807) is 10.4 Å². The summed E-state index contributed by atoms with van der Waals surface area (Å²) in [4.78, 5) is 0.416. The summed E-state index contributed by atoms with van der Waals surface area (Å²) in [5.74, 6) is 0. The predicted molar refractivity (Wildman–Crippen MR) is 93.7 cm³/mol. The molecule has 0 saturated heterocycles. The Hall–Kier alpha value is -1.91. The van der Waals surface area contributed by atoms with Gasteiger partial charge >= 0.3 is 0 Å². The van der Waals surface area contributed by atoms with Crippen molar-refractivity contribution in [1.29, 1.82) is 0 Å². The minimum atomic E-state index is -3.43. The molecule has 0 saturated carbocycles. The van der Waals surface area contributed by atoms with Gasteiger partial charge in [0.15, 0.2) is 0 Å². The lowest BCUT2D eigenvalue weighted by Gasteiger charge is -2.26. The van der Waals surface area contributed by atoms with Crippen molar-refractivity contribution in [3.8, 4) is 0 Å². The maximum Gasteiger partial charge on any atom is 0.243 e. The SMILES string of the molecule is Cc1ccc(S(=O)(=O)N2CC=C(c3ccccc3)CC2)c(C)c1. The quantitative estimate of drug-likeness (QED) is 0.860. The maximum absolute atomic E-state index is 12.9. The lowest BCUT2D eigenvalue weighted by molar-refractivity contribution is 0.441. The van der Waals surface area contributed by atoms with E-state index in [0.717, 1.165) is 17.5 Å². The largest absolute Gasteiger partial charge is 0.243 e. The smallest absolute Gasteiger partial charge is 0.207 e. The Morgan fingerprint density at radius 2 is 1.74 bits per heavy atom. The Labute approximate surface area is 138 Å². The van der Waals surface area contributed by atoms with E-state index in [-0.39, 0.29) is 0 Å². The van der Waals surface area contributed by atoms with Gasteiger partial charge < -0.3 is 0 Å². The molecular weight excluding hydrogens is 306 g/mol. The number of sulfonamides is 1. The van der Waals surface area contributed by atoms with Crippen LogP contribution in [0.3, 0.4) is 0 Å².